The topological polar surface area (TPSA) is 59.8 Å². The minimum atomic E-state index is 0.437. The molecule has 0 radical (unpaired) electrons. The number of nitrogen functional groups attached to an aromatic ring is 2. The largest absolute Gasteiger partial charge is 0.398 e. The Morgan fingerprint density at radius 3 is 1.44 bits per heavy atom. The molecule has 2 unspecified atom stereocenters. The third kappa shape index (κ3) is 5.27. The van der Waals surface area contributed by atoms with Gasteiger partial charge in [0.1, 0.15) is 0 Å². The third-order valence-corrected chi connectivity index (χ3v) is 8.50. The molecule has 0 aliphatic rings. The summed E-state index contributed by atoms with van der Waals surface area (Å²) in [4.78, 5) is 0. The van der Waals surface area contributed by atoms with Crippen LogP contribution < -0.4 is 20.6 Å². The molecular weight excluding hydrogens is 622 g/mol. The summed E-state index contributed by atoms with van der Waals surface area (Å²) in [5.41, 5.74) is 16.4. The van der Waals surface area contributed by atoms with Crippen molar-refractivity contribution in [2.75, 3.05) is 11.5 Å². The minimum Gasteiger partial charge on any atom is -0.398 e. The molecule has 0 bridgehead atoms. The molecule has 0 saturated heterocycles. The Balaban J connectivity index is 1.26. The van der Waals surface area contributed by atoms with Crippen LogP contribution in [0.1, 0.15) is 46.6 Å². The van der Waals surface area contributed by atoms with Crippen molar-refractivity contribution in [2.45, 2.75) is 46.6 Å². The first-order chi connectivity index (χ1) is 15.6. The van der Waals surface area contributed by atoms with Crippen LogP contribution in [0, 0.1) is 0 Å². The molecule has 4 N–H and O–H groups in total. The number of hydrogen-bond acceptors (Lipinski definition) is 2. The van der Waals surface area contributed by atoms with Gasteiger partial charge in [-0.05, 0) is 70.2 Å². The highest BCUT2D eigenvalue weighted by molar-refractivity contribution is 14.1. The molecule has 6 heteroatoms. The molecule has 0 aliphatic carbocycles. The number of pyridine rings is 2. The number of benzene rings is 2. The van der Waals surface area contributed by atoms with Gasteiger partial charge in [0.05, 0.1) is 22.1 Å². The maximum absolute atomic E-state index is 6.16. The van der Waals surface area contributed by atoms with E-state index in [-0.39, 0.29) is 0 Å². The van der Waals surface area contributed by atoms with Crippen LogP contribution in [0.15, 0.2) is 73.1 Å². The molecule has 0 fully saturated rings. The molecule has 2 atom stereocenters. The van der Waals surface area contributed by atoms with Gasteiger partial charge in [-0.25, -0.2) is 0 Å². The fraction of sp³-hybridized carbons (Fsp3) is 0.308. The highest BCUT2D eigenvalue weighted by atomic mass is 127. The van der Waals surface area contributed by atoms with Gasteiger partial charge in [0.25, 0.3) is 0 Å². The summed E-state index contributed by atoms with van der Waals surface area (Å²) in [6.07, 6.45) is 11.6. The number of para-hydroxylation sites is 2. The fourth-order valence-electron chi connectivity index (χ4n) is 4.29. The van der Waals surface area contributed by atoms with Gasteiger partial charge in [0, 0.05) is 37.1 Å². The van der Waals surface area contributed by atoms with Gasteiger partial charge in [-0.2, -0.15) is 9.13 Å². The van der Waals surface area contributed by atoms with Crippen molar-refractivity contribution in [3.05, 3.63) is 73.1 Å². The highest BCUT2D eigenvalue weighted by Gasteiger charge is 2.20. The Bertz CT molecular complexity index is 1120. The predicted molar refractivity (Wildman–Crippen MR) is 151 cm³/mol. The van der Waals surface area contributed by atoms with E-state index in [1.54, 1.807) is 0 Å². The van der Waals surface area contributed by atoms with Crippen LogP contribution in [0.3, 0.4) is 0 Å². The summed E-state index contributed by atoms with van der Waals surface area (Å²) in [5, 5.41) is 2.27. The lowest BCUT2D eigenvalue weighted by atomic mass is 10.1. The second-order valence-corrected chi connectivity index (χ2v) is 11.1. The molecule has 4 aromatic rings. The second kappa shape index (κ2) is 11.0. The quantitative estimate of drug-likeness (QED) is 0.0923. The zero-order chi connectivity index (χ0) is 22.5. The normalized spacial score (nSPS) is 13.4. The molecule has 2 heterocycles. The maximum atomic E-state index is 6.16. The Labute approximate surface area is 217 Å². The molecule has 0 spiro atoms. The predicted octanol–water partition coefficient (Wildman–Crippen LogP) is 6.64. The van der Waals surface area contributed by atoms with Gasteiger partial charge in [-0.15, -0.1) is 0 Å². The van der Waals surface area contributed by atoms with Gasteiger partial charge >= 0.3 is 0 Å². The van der Waals surface area contributed by atoms with E-state index < -0.39 is 0 Å². The molecule has 0 aliphatic heterocycles. The van der Waals surface area contributed by atoms with E-state index in [1.165, 1.54) is 49.6 Å². The van der Waals surface area contributed by atoms with Gasteiger partial charge in [0.2, 0.25) is 19.1 Å². The van der Waals surface area contributed by atoms with E-state index in [0.717, 1.165) is 22.1 Å². The van der Waals surface area contributed by atoms with Crippen LogP contribution in [0.5, 0.6) is 0 Å². The Morgan fingerprint density at radius 1 is 0.594 bits per heavy atom. The fourth-order valence-corrected chi connectivity index (χ4v) is 6.15. The highest BCUT2D eigenvalue weighted by Crippen LogP contribution is 2.25. The Kier molecular flexibility index (Phi) is 8.04. The van der Waals surface area contributed by atoms with Crippen LogP contribution in [-0.2, 0) is 0 Å². The number of nitrogens with two attached hydrogens (primary N) is 2. The Morgan fingerprint density at radius 2 is 1.00 bits per heavy atom. The first kappa shape index (κ1) is 23.5. The van der Waals surface area contributed by atoms with Crippen LogP contribution in [0.2, 0.25) is 0 Å². The summed E-state index contributed by atoms with van der Waals surface area (Å²) in [7, 11) is 0. The molecule has 2 aromatic carbocycles. The summed E-state index contributed by atoms with van der Waals surface area (Å²) >= 11 is 5.13. The van der Waals surface area contributed by atoms with Crippen molar-refractivity contribution in [1.82, 2.24) is 0 Å². The van der Waals surface area contributed by atoms with Crippen molar-refractivity contribution in [2.24, 2.45) is 0 Å². The van der Waals surface area contributed by atoms with Crippen molar-refractivity contribution < 1.29 is 9.13 Å². The van der Waals surface area contributed by atoms with Crippen LogP contribution >= 0.6 is 45.2 Å². The first-order valence-electron chi connectivity index (χ1n) is 11.2. The zero-order valence-corrected chi connectivity index (χ0v) is 22.4. The molecule has 166 valence electrons. The molecule has 4 nitrogen and oxygen atoms in total. The third-order valence-electron chi connectivity index (χ3n) is 6.05. The lowest BCUT2D eigenvalue weighted by molar-refractivity contribution is -0.669. The summed E-state index contributed by atoms with van der Waals surface area (Å²) in [6, 6.07) is 20.9. The number of alkyl halides is 2. The zero-order valence-electron chi connectivity index (χ0n) is 18.1. The lowest BCUT2D eigenvalue weighted by Crippen LogP contribution is -2.36. The number of rotatable bonds is 9. The van der Waals surface area contributed by atoms with E-state index in [1.807, 2.05) is 12.1 Å². The van der Waals surface area contributed by atoms with E-state index in [0.29, 0.717) is 8.10 Å². The van der Waals surface area contributed by atoms with Gasteiger partial charge < -0.3 is 11.5 Å². The number of unbranched alkanes of at least 4 members (excludes halogenated alkanes) is 3. The first-order valence-corrected chi connectivity index (χ1v) is 13.7. The standard InChI is InChI=1S/C26H28I2N4/c27-25(31-17-15-21(29)19-9-5-7-11-23(19)31)13-3-1-2-4-14-26(28)32-18-16-22(30)20-10-6-8-12-24(20)32/h5-12,15-18,25-26,29-30H,1-4,13-14H2/p+2. The van der Waals surface area contributed by atoms with E-state index in [4.69, 9.17) is 11.5 Å². The number of halogens is 2. The number of nitrogens with zero attached hydrogens (tertiary/aromatic N) is 2. The SMILES string of the molecule is Nc1cc[n+](C(I)CCCCCCC(I)[n+]2ccc(N)c3ccccc32)c2ccccc12. The second-order valence-electron chi connectivity index (χ2n) is 8.25. The van der Waals surface area contributed by atoms with E-state index in [2.05, 4.69) is 115 Å². The van der Waals surface area contributed by atoms with Crippen molar-refractivity contribution in [3.63, 3.8) is 0 Å². The van der Waals surface area contributed by atoms with Crippen LogP contribution in [0.25, 0.3) is 21.8 Å². The van der Waals surface area contributed by atoms with E-state index in [9.17, 15) is 0 Å². The number of anilines is 2. The molecule has 0 saturated carbocycles. The number of aromatic nitrogens is 2. The average Bonchev–Trinajstić information content (AvgIpc) is 2.82. The monoisotopic (exact) mass is 652 g/mol. The van der Waals surface area contributed by atoms with Gasteiger partial charge in [-0.1, -0.05) is 37.1 Å². The Hall–Kier alpha value is -1.68. The lowest BCUT2D eigenvalue weighted by Gasteiger charge is -2.10. The van der Waals surface area contributed by atoms with Crippen LogP contribution in [-0.4, -0.2) is 0 Å². The maximum Gasteiger partial charge on any atom is 0.215 e. The van der Waals surface area contributed by atoms with E-state index >= 15 is 0 Å². The van der Waals surface area contributed by atoms with Gasteiger partial charge in [-0.3, -0.25) is 0 Å². The minimum absolute atomic E-state index is 0.437. The van der Waals surface area contributed by atoms with Crippen molar-refractivity contribution >= 4 is 78.4 Å². The van der Waals surface area contributed by atoms with Crippen molar-refractivity contribution in [3.8, 4) is 0 Å². The smallest absolute Gasteiger partial charge is 0.215 e. The summed E-state index contributed by atoms with van der Waals surface area (Å²) in [6.45, 7) is 0. The molecule has 2 aromatic heterocycles. The van der Waals surface area contributed by atoms with Gasteiger partial charge in [0.15, 0.2) is 12.4 Å². The molecular formula is C26H30I2N4+2. The summed E-state index contributed by atoms with van der Waals surface area (Å²) in [5.74, 6) is 0. The average molecular weight is 652 g/mol. The molecule has 4 rings (SSSR count). The molecule has 32 heavy (non-hydrogen) atoms. The summed E-state index contributed by atoms with van der Waals surface area (Å²) < 4.78 is 5.59. The number of fused-ring (bicyclic) bond motifs is 2. The van der Waals surface area contributed by atoms with Crippen LogP contribution in [0.4, 0.5) is 11.4 Å². The molecule has 0 amide bonds. The van der Waals surface area contributed by atoms with Crippen molar-refractivity contribution in [1.29, 1.82) is 0 Å². The number of hydrogen-bond donors (Lipinski definition) is 2.